The van der Waals surface area contributed by atoms with E-state index in [0.29, 0.717) is 12.8 Å². The number of hydrogen-bond acceptors (Lipinski definition) is 3. The molecule has 0 aliphatic carbocycles. The predicted octanol–water partition coefficient (Wildman–Crippen LogP) is 4.29. The highest BCUT2D eigenvalue weighted by Crippen LogP contribution is 2.20. The normalized spacial score (nSPS) is 13.0. The molecule has 118 valence electrons. The van der Waals surface area contributed by atoms with Crippen LogP contribution in [-0.2, 0) is 14.3 Å². The van der Waals surface area contributed by atoms with Crippen LogP contribution in [0.15, 0.2) is 41.3 Å². The van der Waals surface area contributed by atoms with E-state index in [1.54, 1.807) is 12.1 Å². The zero-order valence-corrected chi connectivity index (χ0v) is 13.9. The molecular formula is C13H14F3IO3S. The summed E-state index contributed by atoms with van der Waals surface area (Å²) in [5.41, 5.74) is 0. The minimum atomic E-state index is -4.21. The van der Waals surface area contributed by atoms with Gasteiger partial charge in [-0.1, -0.05) is 12.2 Å². The molecule has 21 heavy (non-hydrogen) atoms. The van der Waals surface area contributed by atoms with Crippen LogP contribution in [0.2, 0.25) is 0 Å². The highest BCUT2D eigenvalue weighted by molar-refractivity contribution is 14.1. The van der Waals surface area contributed by atoms with Crippen molar-refractivity contribution in [1.29, 1.82) is 0 Å². The first kappa shape index (κ1) is 18.4. The maximum atomic E-state index is 11.8. The number of benzene rings is 1. The molecule has 3 nitrogen and oxygen atoms in total. The van der Waals surface area contributed by atoms with Crippen LogP contribution in [0.5, 0.6) is 0 Å². The van der Waals surface area contributed by atoms with Gasteiger partial charge in [0, 0.05) is 3.57 Å². The Hall–Kier alpha value is -0.610. The van der Waals surface area contributed by atoms with Gasteiger partial charge in [0.1, 0.15) is 0 Å². The van der Waals surface area contributed by atoms with Crippen molar-refractivity contribution in [2.24, 2.45) is 0 Å². The highest BCUT2D eigenvalue weighted by Gasteiger charge is 2.24. The fourth-order valence-electron chi connectivity index (χ4n) is 1.37. The molecule has 0 N–H and O–H groups in total. The van der Waals surface area contributed by atoms with Gasteiger partial charge in [-0.15, -0.1) is 0 Å². The number of halogens is 4. The van der Waals surface area contributed by atoms with Crippen LogP contribution >= 0.6 is 22.6 Å². The minimum Gasteiger partial charge on any atom is -0.266 e. The molecule has 0 aliphatic heterocycles. The first-order valence-electron chi connectivity index (χ1n) is 6.07. The van der Waals surface area contributed by atoms with Crippen LogP contribution in [0.3, 0.4) is 0 Å². The maximum Gasteiger partial charge on any atom is 0.392 e. The molecule has 8 heteroatoms. The SMILES string of the molecule is O=S(=O)(OCCC/C=C/CC(F)(F)F)c1ccc(I)cc1. The lowest BCUT2D eigenvalue weighted by molar-refractivity contribution is -0.125. The molecule has 0 saturated carbocycles. The monoisotopic (exact) mass is 434 g/mol. The Bertz CT molecular complexity index is 565. The van der Waals surface area contributed by atoms with E-state index in [1.807, 2.05) is 0 Å². The Balaban J connectivity index is 2.33. The molecule has 0 unspecified atom stereocenters. The van der Waals surface area contributed by atoms with Crippen molar-refractivity contribution in [1.82, 2.24) is 0 Å². The second-order valence-corrected chi connectivity index (χ2v) is 7.02. The fourth-order valence-corrected chi connectivity index (χ4v) is 2.68. The van der Waals surface area contributed by atoms with Crippen molar-refractivity contribution >= 4 is 32.7 Å². The topological polar surface area (TPSA) is 43.4 Å². The lowest BCUT2D eigenvalue weighted by Crippen LogP contribution is -2.07. The zero-order chi connectivity index (χ0) is 15.9. The Morgan fingerprint density at radius 1 is 1.14 bits per heavy atom. The Kier molecular flexibility index (Phi) is 7.14. The molecule has 0 fully saturated rings. The van der Waals surface area contributed by atoms with Gasteiger partial charge in [0.15, 0.2) is 0 Å². The van der Waals surface area contributed by atoms with E-state index in [-0.39, 0.29) is 11.5 Å². The van der Waals surface area contributed by atoms with Crippen molar-refractivity contribution in [3.63, 3.8) is 0 Å². The molecule has 0 aromatic heterocycles. The average molecular weight is 434 g/mol. The molecule has 1 aromatic rings. The summed E-state index contributed by atoms with van der Waals surface area (Å²) in [5, 5.41) is 0. The van der Waals surface area contributed by atoms with E-state index in [9.17, 15) is 21.6 Å². The van der Waals surface area contributed by atoms with Gasteiger partial charge < -0.3 is 0 Å². The summed E-state index contributed by atoms with van der Waals surface area (Å²) < 4.78 is 64.8. The number of allylic oxidation sites excluding steroid dienone is 2. The Morgan fingerprint density at radius 2 is 1.76 bits per heavy atom. The molecule has 0 spiro atoms. The predicted molar refractivity (Wildman–Crippen MR) is 81.3 cm³/mol. The van der Waals surface area contributed by atoms with Crippen LogP contribution in [0.25, 0.3) is 0 Å². The van der Waals surface area contributed by atoms with Gasteiger partial charge >= 0.3 is 6.18 Å². The third-order valence-corrected chi connectivity index (χ3v) is 4.42. The standard InChI is InChI=1S/C13H14F3IO3S/c14-13(15,16)9-3-1-2-4-10-20-21(18,19)12-7-5-11(17)6-8-12/h1,3,5-8H,2,4,9-10H2/b3-1+. The van der Waals surface area contributed by atoms with E-state index in [2.05, 4.69) is 22.6 Å². The average Bonchev–Trinajstić information content (AvgIpc) is 2.36. The minimum absolute atomic E-state index is 0.0648. The lowest BCUT2D eigenvalue weighted by atomic mass is 10.3. The molecule has 0 bridgehead atoms. The van der Waals surface area contributed by atoms with Crippen LogP contribution in [0.1, 0.15) is 19.3 Å². The Labute approximate surface area is 135 Å². The van der Waals surface area contributed by atoms with Gasteiger partial charge in [-0.3, -0.25) is 4.18 Å². The Morgan fingerprint density at radius 3 is 2.33 bits per heavy atom. The molecule has 0 saturated heterocycles. The van der Waals surface area contributed by atoms with Gasteiger partial charge in [0.05, 0.1) is 17.9 Å². The van der Waals surface area contributed by atoms with Gasteiger partial charge in [-0.05, 0) is 59.7 Å². The van der Waals surface area contributed by atoms with Crippen LogP contribution in [0.4, 0.5) is 13.2 Å². The molecule has 0 aliphatic rings. The smallest absolute Gasteiger partial charge is 0.266 e. The van der Waals surface area contributed by atoms with Crippen LogP contribution in [0, 0.1) is 3.57 Å². The van der Waals surface area contributed by atoms with E-state index < -0.39 is 22.7 Å². The van der Waals surface area contributed by atoms with Crippen molar-refractivity contribution in [2.45, 2.75) is 30.3 Å². The quantitative estimate of drug-likeness (QED) is 0.279. The van der Waals surface area contributed by atoms with Crippen molar-refractivity contribution < 1.29 is 25.8 Å². The molecule has 0 atom stereocenters. The van der Waals surface area contributed by atoms with Gasteiger partial charge in [0.25, 0.3) is 10.1 Å². The fraction of sp³-hybridized carbons (Fsp3) is 0.385. The first-order chi connectivity index (χ1) is 9.71. The summed E-state index contributed by atoms with van der Waals surface area (Å²) in [7, 11) is -3.80. The van der Waals surface area contributed by atoms with Crippen LogP contribution < -0.4 is 0 Å². The van der Waals surface area contributed by atoms with Crippen LogP contribution in [-0.4, -0.2) is 21.2 Å². The molecule has 0 radical (unpaired) electrons. The maximum absolute atomic E-state index is 11.8. The van der Waals surface area contributed by atoms with Gasteiger partial charge in [-0.2, -0.15) is 21.6 Å². The highest BCUT2D eigenvalue weighted by atomic mass is 127. The van der Waals surface area contributed by atoms with Gasteiger partial charge in [0.2, 0.25) is 0 Å². The molecular weight excluding hydrogens is 420 g/mol. The molecule has 1 rings (SSSR count). The summed E-state index contributed by atoms with van der Waals surface area (Å²) in [5.74, 6) is 0. The lowest BCUT2D eigenvalue weighted by Gasteiger charge is -2.05. The van der Waals surface area contributed by atoms with Gasteiger partial charge in [-0.25, -0.2) is 0 Å². The number of unbranched alkanes of at least 4 members (excludes halogenated alkanes) is 1. The molecule has 0 amide bonds. The molecule has 0 heterocycles. The van der Waals surface area contributed by atoms with E-state index in [4.69, 9.17) is 4.18 Å². The summed E-state index contributed by atoms with van der Waals surface area (Å²) in [6.07, 6.45) is -2.13. The van der Waals surface area contributed by atoms with E-state index in [1.165, 1.54) is 18.2 Å². The molecule has 1 aromatic carbocycles. The third kappa shape index (κ3) is 7.82. The second kappa shape index (κ2) is 8.14. The summed E-state index contributed by atoms with van der Waals surface area (Å²) in [6.45, 7) is -0.0648. The zero-order valence-electron chi connectivity index (χ0n) is 10.9. The van der Waals surface area contributed by atoms with Crippen molar-refractivity contribution in [3.05, 3.63) is 40.0 Å². The third-order valence-electron chi connectivity index (χ3n) is 2.37. The number of hydrogen-bond donors (Lipinski definition) is 0. The number of rotatable bonds is 7. The largest absolute Gasteiger partial charge is 0.392 e. The summed E-state index contributed by atoms with van der Waals surface area (Å²) >= 11 is 2.05. The van der Waals surface area contributed by atoms with E-state index in [0.717, 1.165) is 9.65 Å². The summed E-state index contributed by atoms with van der Waals surface area (Å²) in [6, 6.07) is 6.19. The first-order valence-corrected chi connectivity index (χ1v) is 8.56. The van der Waals surface area contributed by atoms with E-state index >= 15 is 0 Å². The second-order valence-electron chi connectivity index (χ2n) is 4.16. The summed E-state index contributed by atoms with van der Waals surface area (Å²) in [4.78, 5) is 0.0653. The van der Waals surface area contributed by atoms with Crippen molar-refractivity contribution in [3.8, 4) is 0 Å². The number of alkyl halides is 3. The van der Waals surface area contributed by atoms with Crippen molar-refractivity contribution in [2.75, 3.05) is 6.61 Å².